The zero-order valence-electron chi connectivity index (χ0n) is 11.3. The Morgan fingerprint density at radius 1 is 1.26 bits per heavy atom. The van der Waals surface area contributed by atoms with Crippen LogP contribution in [0.25, 0.3) is 0 Å². The molecule has 0 fully saturated rings. The number of primary amides is 1. The monoisotopic (exact) mass is 264 g/mol. The van der Waals surface area contributed by atoms with E-state index in [1.807, 2.05) is 13.8 Å². The van der Waals surface area contributed by atoms with E-state index in [1.165, 1.54) is 0 Å². The molecule has 1 aromatic carbocycles. The number of carbonyl (C=O) groups excluding carboxylic acids is 1. The molecule has 4 N–H and O–H groups in total. The Morgan fingerprint density at radius 2 is 1.84 bits per heavy atom. The van der Waals surface area contributed by atoms with Gasteiger partial charge in [0.1, 0.15) is 5.54 Å². The molecule has 19 heavy (non-hydrogen) atoms. The maximum atomic E-state index is 11.4. The van der Waals surface area contributed by atoms with Crippen molar-refractivity contribution in [2.24, 2.45) is 5.73 Å². The third-order valence-electron chi connectivity index (χ3n) is 3.52. The summed E-state index contributed by atoms with van der Waals surface area (Å²) in [5.74, 6) is -1.39. The summed E-state index contributed by atoms with van der Waals surface area (Å²) in [7, 11) is 0. The molecule has 0 aromatic heterocycles. The number of benzene rings is 1. The Balaban J connectivity index is 2.92. The van der Waals surface area contributed by atoms with Crippen LogP contribution in [0.3, 0.4) is 0 Å². The Hall–Kier alpha value is -1.88. The van der Waals surface area contributed by atoms with E-state index in [9.17, 15) is 14.7 Å². The molecule has 5 nitrogen and oxygen atoms in total. The number of aliphatic carboxylic acids is 1. The first kappa shape index (κ1) is 15.2. The Kier molecular flexibility index (Phi) is 5.06. The largest absolute Gasteiger partial charge is 0.480 e. The van der Waals surface area contributed by atoms with Crippen LogP contribution in [0.15, 0.2) is 24.3 Å². The van der Waals surface area contributed by atoms with Crippen LogP contribution < -0.4 is 11.1 Å². The van der Waals surface area contributed by atoms with Crippen LogP contribution in [0.5, 0.6) is 0 Å². The lowest BCUT2D eigenvalue weighted by molar-refractivity contribution is -0.145. The van der Waals surface area contributed by atoms with E-state index in [0.29, 0.717) is 30.5 Å². The Labute approximate surface area is 112 Å². The minimum absolute atomic E-state index is 0.299. The van der Waals surface area contributed by atoms with Crippen LogP contribution in [-0.4, -0.2) is 22.5 Å². The number of rotatable bonds is 7. The minimum Gasteiger partial charge on any atom is -0.480 e. The van der Waals surface area contributed by atoms with Crippen molar-refractivity contribution in [1.29, 1.82) is 0 Å². The SMILES string of the molecule is CCC(CC)(NCc1ccccc1C(N)=O)C(=O)O. The van der Waals surface area contributed by atoms with Gasteiger partial charge >= 0.3 is 5.97 Å². The molecule has 1 amide bonds. The van der Waals surface area contributed by atoms with Crippen LogP contribution in [-0.2, 0) is 11.3 Å². The summed E-state index contributed by atoms with van der Waals surface area (Å²) < 4.78 is 0. The molecule has 1 aromatic rings. The molecular weight excluding hydrogens is 244 g/mol. The summed E-state index contributed by atoms with van der Waals surface area (Å²) in [4.78, 5) is 22.7. The summed E-state index contributed by atoms with van der Waals surface area (Å²) >= 11 is 0. The van der Waals surface area contributed by atoms with Crippen LogP contribution in [0.2, 0.25) is 0 Å². The van der Waals surface area contributed by atoms with E-state index in [1.54, 1.807) is 24.3 Å². The number of hydrogen-bond donors (Lipinski definition) is 3. The maximum Gasteiger partial charge on any atom is 0.323 e. The smallest absolute Gasteiger partial charge is 0.323 e. The van der Waals surface area contributed by atoms with E-state index in [0.717, 1.165) is 0 Å². The third-order valence-corrected chi connectivity index (χ3v) is 3.52. The number of carboxylic acid groups (broad SMARTS) is 1. The fraction of sp³-hybridized carbons (Fsp3) is 0.429. The average molecular weight is 264 g/mol. The van der Waals surface area contributed by atoms with Gasteiger partial charge in [0, 0.05) is 12.1 Å². The molecule has 0 saturated heterocycles. The van der Waals surface area contributed by atoms with Crippen LogP contribution in [0.1, 0.15) is 42.6 Å². The van der Waals surface area contributed by atoms with Crippen molar-refractivity contribution in [2.45, 2.75) is 38.8 Å². The van der Waals surface area contributed by atoms with E-state index >= 15 is 0 Å². The number of carboxylic acids is 1. The molecule has 104 valence electrons. The molecule has 5 heteroatoms. The number of hydrogen-bond acceptors (Lipinski definition) is 3. The molecule has 0 radical (unpaired) electrons. The summed E-state index contributed by atoms with van der Waals surface area (Å²) in [5.41, 5.74) is 5.46. The zero-order valence-corrected chi connectivity index (χ0v) is 11.3. The van der Waals surface area contributed by atoms with Crippen LogP contribution in [0.4, 0.5) is 0 Å². The first-order chi connectivity index (χ1) is 8.96. The summed E-state index contributed by atoms with van der Waals surface area (Å²) in [6.45, 7) is 3.95. The second-order valence-corrected chi connectivity index (χ2v) is 4.47. The van der Waals surface area contributed by atoms with E-state index in [4.69, 9.17) is 5.73 Å². The standard InChI is InChI=1S/C14H20N2O3/c1-3-14(4-2,13(18)19)16-9-10-7-5-6-8-11(10)12(15)17/h5-8,16H,3-4,9H2,1-2H3,(H2,15,17)(H,18,19). The predicted octanol–water partition coefficient (Wildman–Crippen LogP) is 1.52. The molecule has 0 aliphatic heterocycles. The predicted molar refractivity (Wildman–Crippen MR) is 72.7 cm³/mol. The first-order valence-corrected chi connectivity index (χ1v) is 6.33. The van der Waals surface area contributed by atoms with Gasteiger partial charge in [-0.2, -0.15) is 0 Å². The molecule has 1 rings (SSSR count). The van der Waals surface area contributed by atoms with Gasteiger partial charge in [0.25, 0.3) is 0 Å². The molecule has 0 atom stereocenters. The van der Waals surface area contributed by atoms with Crippen molar-refractivity contribution in [1.82, 2.24) is 5.32 Å². The van der Waals surface area contributed by atoms with Gasteiger partial charge in [-0.15, -0.1) is 0 Å². The first-order valence-electron chi connectivity index (χ1n) is 6.33. The van der Waals surface area contributed by atoms with Gasteiger partial charge in [-0.1, -0.05) is 32.0 Å². The maximum absolute atomic E-state index is 11.4. The second-order valence-electron chi connectivity index (χ2n) is 4.47. The highest BCUT2D eigenvalue weighted by atomic mass is 16.4. The molecule has 0 unspecified atom stereocenters. The molecule has 0 bridgehead atoms. The van der Waals surface area contributed by atoms with Crippen molar-refractivity contribution in [3.05, 3.63) is 35.4 Å². The average Bonchev–Trinajstić information content (AvgIpc) is 2.40. The zero-order chi connectivity index (χ0) is 14.5. The van der Waals surface area contributed by atoms with Crippen molar-refractivity contribution in [3.8, 4) is 0 Å². The summed E-state index contributed by atoms with van der Waals surface area (Å²) in [6, 6.07) is 6.93. The normalized spacial score (nSPS) is 11.3. The number of nitrogens with two attached hydrogens (primary N) is 1. The van der Waals surface area contributed by atoms with Gasteiger partial charge in [-0.25, -0.2) is 0 Å². The molecule has 0 saturated carbocycles. The molecule has 0 spiro atoms. The van der Waals surface area contributed by atoms with Crippen molar-refractivity contribution >= 4 is 11.9 Å². The van der Waals surface area contributed by atoms with Gasteiger partial charge in [0.05, 0.1) is 0 Å². The minimum atomic E-state index is -0.968. The van der Waals surface area contributed by atoms with E-state index in [-0.39, 0.29) is 0 Å². The number of amides is 1. The fourth-order valence-electron chi connectivity index (χ4n) is 2.06. The highest BCUT2D eigenvalue weighted by Gasteiger charge is 2.34. The van der Waals surface area contributed by atoms with Gasteiger partial charge in [-0.3, -0.25) is 14.9 Å². The fourth-order valence-corrected chi connectivity index (χ4v) is 2.06. The van der Waals surface area contributed by atoms with Crippen molar-refractivity contribution < 1.29 is 14.7 Å². The van der Waals surface area contributed by atoms with Gasteiger partial charge < -0.3 is 10.8 Å². The lowest BCUT2D eigenvalue weighted by atomic mass is 9.92. The van der Waals surface area contributed by atoms with E-state index < -0.39 is 17.4 Å². The van der Waals surface area contributed by atoms with Gasteiger partial charge in [0.15, 0.2) is 0 Å². The van der Waals surface area contributed by atoms with E-state index in [2.05, 4.69) is 5.32 Å². The lowest BCUT2D eigenvalue weighted by Gasteiger charge is -2.28. The Bertz CT molecular complexity index is 468. The molecule has 0 heterocycles. The summed E-state index contributed by atoms with van der Waals surface area (Å²) in [6.07, 6.45) is 0.940. The number of carbonyl (C=O) groups is 2. The highest BCUT2D eigenvalue weighted by Crippen LogP contribution is 2.17. The van der Waals surface area contributed by atoms with Crippen LogP contribution in [0, 0.1) is 0 Å². The van der Waals surface area contributed by atoms with Crippen LogP contribution >= 0.6 is 0 Å². The summed E-state index contributed by atoms with van der Waals surface area (Å²) in [5, 5.41) is 12.4. The third kappa shape index (κ3) is 3.32. The lowest BCUT2D eigenvalue weighted by Crippen LogP contribution is -2.50. The molecular formula is C14H20N2O3. The van der Waals surface area contributed by atoms with Crippen molar-refractivity contribution in [2.75, 3.05) is 0 Å². The topological polar surface area (TPSA) is 92.4 Å². The number of nitrogens with one attached hydrogen (secondary N) is 1. The van der Waals surface area contributed by atoms with Gasteiger partial charge in [0.2, 0.25) is 5.91 Å². The second kappa shape index (κ2) is 6.33. The highest BCUT2D eigenvalue weighted by molar-refractivity contribution is 5.94. The van der Waals surface area contributed by atoms with Crippen molar-refractivity contribution in [3.63, 3.8) is 0 Å². The molecule has 0 aliphatic rings. The van der Waals surface area contributed by atoms with Gasteiger partial charge in [-0.05, 0) is 24.5 Å². The molecule has 0 aliphatic carbocycles. The Morgan fingerprint density at radius 3 is 2.32 bits per heavy atom. The quantitative estimate of drug-likeness (QED) is 0.696.